The van der Waals surface area contributed by atoms with E-state index in [9.17, 15) is 29.1 Å². The van der Waals surface area contributed by atoms with E-state index in [1.54, 1.807) is 30.3 Å². The van der Waals surface area contributed by atoms with E-state index in [2.05, 4.69) is 10.2 Å². The van der Waals surface area contributed by atoms with Crippen LogP contribution in [0.2, 0.25) is 0 Å². The zero-order chi connectivity index (χ0) is 39.0. The average Bonchev–Trinajstić information content (AvgIpc) is 3.67. The number of likely N-dealkylation sites (tertiary alicyclic amines) is 1. The van der Waals surface area contributed by atoms with Crippen LogP contribution in [-0.4, -0.2) is 80.9 Å². The average molecular weight is 736 g/mol. The van der Waals surface area contributed by atoms with Gasteiger partial charge in [-0.1, -0.05) is 72.8 Å². The molecule has 0 spiro atoms. The van der Waals surface area contributed by atoms with Gasteiger partial charge in [-0.2, -0.15) is 0 Å². The lowest BCUT2D eigenvalue weighted by molar-refractivity contribution is -0.140. The number of rotatable bonds is 14. The minimum Gasteiger partial charge on any atom is -0.457 e. The van der Waals surface area contributed by atoms with Crippen molar-refractivity contribution in [3.63, 3.8) is 0 Å². The summed E-state index contributed by atoms with van der Waals surface area (Å²) >= 11 is 0. The lowest BCUT2D eigenvalue weighted by Gasteiger charge is -2.39. The van der Waals surface area contributed by atoms with Gasteiger partial charge in [0.15, 0.2) is 0 Å². The quantitative estimate of drug-likeness (QED) is 0.110. The molecule has 0 aliphatic carbocycles. The van der Waals surface area contributed by atoms with Crippen molar-refractivity contribution in [1.29, 1.82) is 0 Å². The molecule has 4 aromatic carbocycles. The molecule has 54 heavy (non-hydrogen) atoms. The van der Waals surface area contributed by atoms with Gasteiger partial charge in [-0.3, -0.25) is 29.0 Å². The molecule has 1 saturated heterocycles. The molecule has 4 atom stereocenters. The van der Waals surface area contributed by atoms with Crippen LogP contribution >= 0.6 is 0 Å². The molecule has 1 heterocycles. The molecular formula is C42H49N5O7. The number of imide groups is 1. The molecule has 1 fully saturated rings. The Labute approximate surface area is 315 Å². The van der Waals surface area contributed by atoms with E-state index in [1.165, 1.54) is 6.07 Å². The lowest BCUT2D eigenvalue weighted by Crippen LogP contribution is -2.64. The molecule has 4 aromatic rings. The number of nitrogens with one attached hydrogen (secondary N) is 1. The van der Waals surface area contributed by atoms with Crippen molar-refractivity contribution in [3.8, 4) is 0 Å². The van der Waals surface area contributed by atoms with Crippen LogP contribution in [0.15, 0.2) is 97.1 Å². The van der Waals surface area contributed by atoms with Gasteiger partial charge in [0.25, 0.3) is 5.91 Å². The molecule has 0 saturated carbocycles. The number of ether oxygens (including phenoxy) is 1. The van der Waals surface area contributed by atoms with Crippen molar-refractivity contribution in [1.82, 2.24) is 15.1 Å². The number of hydrogen-bond donors (Lipinski definition) is 4. The first kappa shape index (κ1) is 39.8. The van der Waals surface area contributed by atoms with Crippen molar-refractivity contribution in [2.45, 2.75) is 89.4 Å². The Morgan fingerprint density at radius 2 is 1.48 bits per heavy atom. The van der Waals surface area contributed by atoms with E-state index in [0.29, 0.717) is 35.7 Å². The van der Waals surface area contributed by atoms with Gasteiger partial charge >= 0.3 is 5.97 Å². The molecule has 5 rings (SSSR count). The molecule has 0 bridgehead atoms. The first-order valence-electron chi connectivity index (χ1n) is 18.2. The zero-order valence-electron chi connectivity index (χ0n) is 30.9. The number of aryl methyl sites for hydroxylation is 1. The largest absolute Gasteiger partial charge is 0.457 e. The van der Waals surface area contributed by atoms with Crippen LogP contribution in [0.5, 0.6) is 0 Å². The molecule has 2 unspecified atom stereocenters. The highest BCUT2D eigenvalue weighted by Crippen LogP contribution is 2.28. The van der Waals surface area contributed by atoms with Crippen molar-refractivity contribution in [2.24, 2.45) is 11.5 Å². The summed E-state index contributed by atoms with van der Waals surface area (Å²) in [5.74, 6) is -3.67. The van der Waals surface area contributed by atoms with Crippen LogP contribution < -0.4 is 16.8 Å². The van der Waals surface area contributed by atoms with Gasteiger partial charge in [-0.25, -0.2) is 4.79 Å². The SMILES string of the molecule is CC(C)(C)N1CCC[C@@H]1C(=O)NC(C(O)CCc1ccccc1)N(C(=O)c1ccc2cc(C(=O)OCc3ccccc3)ccc2c1)C(=O)[C@@H](N)CC(N)=O. The first-order chi connectivity index (χ1) is 25.7. The number of aliphatic hydroxyl groups is 1. The molecule has 4 amide bonds. The topological polar surface area (TPSA) is 185 Å². The van der Waals surface area contributed by atoms with E-state index in [0.717, 1.165) is 22.4 Å². The number of carbonyl (C=O) groups excluding carboxylic acids is 5. The van der Waals surface area contributed by atoms with E-state index in [-0.39, 0.29) is 24.1 Å². The maximum absolute atomic E-state index is 14.5. The van der Waals surface area contributed by atoms with Crippen molar-refractivity contribution in [2.75, 3.05) is 6.54 Å². The van der Waals surface area contributed by atoms with Gasteiger partial charge in [0, 0.05) is 11.1 Å². The highest BCUT2D eigenvalue weighted by atomic mass is 16.5. The highest BCUT2D eigenvalue weighted by Gasteiger charge is 2.42. The van der Waals surface area contributed by atoms with Gasteiger partial charge in [-0.15, -0.1) is 0 Å². The van der Waals surface area contributed by atoms with Crippen LogP contribution in [0.1, 0.15) is 78.3 Å². The summed E-state index contributed by atoms with van der Waals surface area (Å²) < 4.78 is 5.48. The van der Waals surface area contributed by atoms with Gasteiger partial charge < -0.3 is 26.6 Å². The fraction of sp³-hybridized carbons (Fsp3) is 0.357. The van der Waals surface area contributed by atoms with Gasteiger partial charge in [0.2, 0.25) is 17.7 Å². The van der Waals surface area contributed by atoms with Crippen LogP contribution in [0.3, 0.4) is 0 Å². The maximum atomic E-state index is 14.5. The number of primary amides is 1. The third-order valence-electron chi connectivity index (χ3n) is 9.65. The summed E-state index contributed by atoms with van der Waals surface area (Å²) in [4.78, 5) is 70.3. The molecule has 6 N–H and O–H groups in total. The van der Waals surface area contributed by atoms with Gasteiger partial charge in [0.05, 0.1) is 30.2 Å². The van der Waals surface area contributed by atoms with Crippen LogP contribution in [-0.2, 0) is 32.1 Å². The second-order valence-electron chi connectivity index (χ2n) is 14.7. The molecular weight excluding hydrogens is 686 g/mol. The molecule has 1 aliphatic heterocycles. The van der Waals surface area contributed by atoms with E-state index in [1.807, 2.05) is 81.4 Å². The molecule has 12 nitrogen and oxygen atoms in total. The number of hydrogen-bond acceptors (Lipinski definition) is 9. The standard InChI is InChI=1S/C42H49N5O7/c1-42(2,3)46-22-10-15-34(46)38(50)45-37(35(48)21-16-27-11-6-4-7-12-27)47(40(52)33(43)25-36(44)49)39(51)31-19-17-30-24-32(20-18-29(30)23-31)41(53)54-26-28-13-8-5-9-14-28/h4-9,11-14,17-20,23-24,33-35,37,48H,10,15-16,21-22,25-26,43H2,1-3H3,(H2,44,49)(H,45,50)/t33-,34+,35?,37?/m0/s1. The Bertz CT molecular complexity index is 1960. The molecule has 0 aromatic heterocycles. The summed E-state index contributed by atoms with van der Waals surface area (Å²) in [6.45, 7) is 6.80. The normalized spacial score (nSPS) is 16.3. The number of fused-ring (bicyclic) bond motifs is 1. The first-order valence-corrected chi connectivity index (χ1v) is 18.2. The second kappa shape index (κ2) is 17.6. The Morgan fingerprint density at radius 1 is 0.889 bits per heavy atom. The number of esters is 1. The van der Waals surface area contributed by atoms with Crippen LogP contribution in [0.4, 0.5) is 0 Å². The molecule has 0 radical (unpaired) electrons. The summed E-state index contributed by atoms with van der Waals surface area (Å²) in [7, 11) is 0. The van der Waals surface area contributed by atoms with E-state index in [4.69, 9.17) is 16.2 Å². The summed E-state index contributed by atoms with van der Waals surface area (Å²) in [6, 6.07) is 26.1. The molecule has 1 aliphatic rings. The smallest absolute Gasteiger partial charge is 0.338 e. The number of nitrogens with zero attached hydrogens (tertiary/aromatic N) is 2. The Hall–Kier alpha value is -5.43. The van der Waals surface area contributed by atoms with E-state index < -0.39 is 60.4 Å². The predicted octanol–water partition coefficient (Wildman–Crippen LogP) is 4.07. The summed E-state index contributed by atoms with van der Waals surface area (Å²) in [5.41, 5.74) is 13.3. The zero-order valence-corrected chi connectivity index (χ0v) is 30.9. The Kier molecular flexibility index (Phi) is 13.0. The molecule has 12 heteroatoms. The molecule has 284 valence electrons. The lowest BCUT2D eigenvalue weighted by atomic mass is 10.0. The van der Waals surface area contributed by atoms with Crippen molar-refractivity contribution >= 4 is 40.4 Å². The Balaban J connectivity index is 1.48. The predicted molar refractivity (Wildman–Crippen MR) is 205 cm³/mol. The Morgan fingerprint density at radius 3 is 2.09 bits per heavy atom. The van der Waals surface area contributed by atoms with E-state index >= 15 is 0 Å². The monoisotopic (exact) mass is 735 g/mol. The number of nitrogens with two attached hydrogens (primary N) is 2. The summed E-state index contributed by atoms with van der Waals surface area (Å²) in [6.07, 6.45) is -1.76. The van der Waals surface area contributed by atoms with Crippen molar-refractivity contribution < 1.29 is 33.8 Å². The number of amides is 4. The van der Waals surface area contributed by atoms with Crippen LogP contribution in [0.25, 0.3) is 10.8 Å². The minimum absolute atomic E-state index is 0.0493. The number of carbonyl (C=O) groups is 5. The minimum atomic E-state index is -1.54. The fourth-order valence-electron chi connectivity index (χ4n) is 6.83. The van der Waals surface area contributed by atoms with Gasteiger partial charge in [0.1, 0.15) is 12.8 Å². The third-order valence-corrected chi connectivity index (χ3v) is 9.65. The fourth-order valence-corrected chi connectivity index (χ4v) is 6.83. The summed E-state index contributed by atoms with van der Waals surface area (Å²) in [5, 5.41) is 15.8. The van der Waals surface area contributed by atoms with Crippen molar-refractivity contribution in [3.05, 3.63) is 119 Å². The maximum Gasteiger partial charge on any atom is 0.338 e. The van der Waals surface area contributed by atoms with Crippen LogP contribution in [0, 0.1) is 0 Å². The number of benzene rings is 4. The highest BCUT2D eigenvalue weighted by molar-refractivity contribution is 6.09. The number of aliphatic hydroxyl groups excluding tert-OH is 1. The van der Waals surface area contributed by atoms with Gasteiger partial charge in [-0.05, 0) is 99.2 Å². The second-order valence-corrected chi connectivity index (χ2v) is 14.7. The third kappa shape index (κ3) is 9.95.